The molecule has 0 spiro atoms. The van der Waals surface area contributed by atoms with Crippen LogP contribution >= 0.6 is 0 Å². The first kappa shape index (κ1) is 15.7. The molecule has 112 valence electrons. The maximum atomic E-state index is 5.66. The summed E-state index contributed by atoms with van der Waals surface area (Å²) in [6, 6.07) is 9.37. The highest BCUT2D eigenvalue weighted by atomic mass is 28.3. The molecule has 0 bridgehead atoms. The van der Waals surface area contributed by atoms with E-state index >= 15 is 0 Å². The minimum Gasteiger partial charge on any atom is -0.330 e. The Kier molecular flexibility index (Phi) is 5.41. The first-order chi connectivity index (χ1) is 9.49. The predicted octanol–water partition coefficient (Wildman–Crippen LogP) is 2.79. The van der Waals surface area contributed by atoms with Gasteiger partial charge in [-0.05, 0) is 50.4 Å². The molecule has 2 N–H and O–H groups in total. The molecular weight excluding hydrogens is 260 g/mol. The number of hydrogen-bond donors (Lipinski definition) is 1. The van der Waals surface area contributed by atoms with Gasteiger partial charge in [0, 0.05) is 6.54 Å². The van der Waals surface area contributed by atoms with E-state index in [1.54, 1.807) is 5.19 Å². The third-order valence-electron chi connectivity index (χ3n) is 4.51. The average Bonchev–Trinajstić information content (AvgIpc) is 2.41. The number of likely N-dealkylation sites (tertiary alicyclic amines) is 1. The van der Waals surface area contributed by atoms with E-state index in [9.17, 15) is 0 Å². The average molecular weight is 291 g/mol. The van der Waals surface area contributed by atoms with Crippen molar-refractivity contribution in [3.05, 3.63) is 29.8 Å². The molecule has 2 nitrogen and oxygen atoms in total. The van der Waals surface area contributed by atoms with Crippen LogP contribution in [-0.2, 0) is 6.54 Å². The lowest BCUT2D eigenvalue weighted by Gasteiger charge is -2.32. The Labute approximate surface area is 125 Å². The van der Waals surface area contributed by atoms with Gasteiger partial charge in [-0.15, -0.1) is 0 Å². The summed E-state index contributed by atoms with van der Waals surface area (Å²) in [5.74, 6) is 0.866. The number of piperidine rings is 1. The second-order valence-corrected chi connectivity index (χ2v) is 12.3. The third kappa shape index (κ3) is 4.44. The normalized spacial score (nSPS) is 18.4. The number of hydrogen-bond acceptors (Lipinski definition) is 2. The smallest absolute Gasteiger partial charge is 0.0775 e. The molecule has 3 heteroatoms. The lowest BCUT2D eigenvalue weighted by atomic mass is 9.93. The Morgan fingerprint density at radius 2 is 1.70 bits per heavy atom. The number of benzene rings is 1. The zero-order chi connectivity index (χ0) is 14.6. The van der Waals surface area contributed by atoms with E-state index in [1.807, 2.05) is 0 Å². The van der Waals surface area contributed by atoms with E-state index in [0.29, 0.717) is 0 Å². The Balaban J connectivity index is 1.85. The summed E-state index contributed by atoms with van der Waals surface area (Å²) >= 11 is 0. The molecule has 1 saturated heterocycles. The molecule has 1 aromatic carbocycles. The lowest BCUT2D eigenvalue weighted by molar-refractivity contribution is 0.173. The maximum absolute atomic E-state index is 5.66. The zero-order valence-electron chi connectivity index (χ0n) is 13.4. The molecule has 0 amide bonds. The Morgan fingerprint density at radius 1 is 1.10 bits per heavy atom. The summed E-state index contributed by atoms with van der Waals surface area (Å²) < 4.78 is 0. The summed E-state index contributed by atoms with van der Waals surface area (Å²) in [4.78, 5) is 2.59. The second-order valence-electron chi connectivity index (χ2n) is 7.24. The van der Waals surface area contributed by atoms with Gasteiger partial charge in [0.15, 0.2) is 0 Å². The van der Waals surface area contributed by atoms with Crippen LogP contribution in [0, 0.1) is 5.92 Å². The molecule has 1 fully saturated rings. The Hall–Kier alpha value is -0.643. The van der Waals surface area contributed by atoms with Gasteiger partial charge in [0.1, 0.15) is 0 Å². The molecule has 1 aliphatic heterocycles. The quantitative estimate of drug-likeness (QED) is 0.845. The van der Waals surface area contributed by atoms with E-state index in [0.717, 1.165) is 19.0 Å². The van der Waals surface area contributed by atoms with Crippen LogP contribution in [0.1, 0.15) is 24.8 Å². The van der Waals surface area contributed by atoms with Crippen LogP contribution in [0.3, 0.4) is 0 Å². The molecular formula is C17H30N2Si. The van der Waals surface area contributed by atoms with Crippen molar-refractivity contribution in [2.75, 3.05) is 19.6 Å². The Morgan fingerprint density at radius 3 is 2.20 bits per heavy atom. The van der Waals surface area contributed by atoms with Gasteiger partial charge in [-0.1, -0.05) is 49.1 Å². The van der Waals surface area contributed by atoms with Crippen molar-refractivity contribution < 1.29 is 0 Å². The van der Waals surface area contributed by atoms with Gasteiger partial charge in [-0.2, -0.15) is 0 Å². The van der Waals surface area contributed by atoms with Crippen molar-refractivity contribution in [1.82, 2.24) is 4.90 Å². The van der Waals surface area contributed by atoms with Gasteiger partial charge in [0.05, 0.1) is 8.07 Å². The first-order valence-corrected chi connectivity index (χ1v) is 11.5. The van der Waals surface area contributed by atoms with Gasteiger partial charge < -0.3 is 5.73 Å². The molecule has 2 rings (SSSR count). The van der Waals surface area contributed by atoms with Gasteiger partial charge in [0.2, 0.25) is 0 Å². The molecule has 0 aromatic heterocycles. The van der Waals surface area contributed by atoms with E-state index < -0.39 is 8.07 Å². The number of rotatable bonds is 5. The summed E-state index contributed by atoms with van der Waals surface area (Å²) in [6.45, 7) is 11.7. The van der Waals surface area contributed by atoms with Gasteiger partial charge >= 0.3 is 0 Å². The van der Waals surface area contributed by atoms with Gasteiger partial charge in [-0.25, -0.2) is 0 Å². The monoisotopic (exact) mass is 290 g/mol. The SMILES string of the molecule is C[Si](C)(C)c1ccc(CN2CCC(CCN)CC2)cc1. The largest absolute Gasteiger partial charge is 0.330 e. The maximum Gasteiger partial charge on any atom is 0.0775 e. The topological polar surface area (TPSA) is 29.3 Å². The van der Waals surface area contributed by atoms with Crippen molar-refractivity contribution in [3.63, 3.8) is 0 Å². The number of nitrogens with zero attached hydrogens (tertiary/aromatic N) is 1. The van der Waals surface area contributed by atoms with Gasteiger partial charge in [0.25, 0.3) is 0 Å². The summed E-state index contributed by atoms with van der Waals surface area (Å²) in [6.07, 6.45) is 3.85. The predicted molar refractivity (Wildman–Crippen MR) is 91.1 cm³/mol. The zero-order valence-corrected chi connectivity index (χ0v) is 14.4. The highest BCUT2D eigenvalue weighted by Crippen LogP contribution is 2.21. The third-order valence-corrected chi connectivity index (χ3v) is 6.57. The fourth-order valence-electron chi connectivity index (χ4n) is 3.04. The first-order valence-electron chi connectivity index (χ1n) is 8.01. The molecule has 1 aliphatic rings. The molecule has 1 heterocycles. The van der Waals surface area contributed by atoms with Crippen LogP contribution < -0.4 is 10.9 Å². The fourth-order valence-corrected chi connectivity index (χ4v) is 4.20. The van der Waals surface area contributed by atoms with Crippen LogP contribution in [0.2, 0.25) is 19.6 Å². The Bertz CT molecular complexity index is 400. The standard InChI is InChI=1S/C17H30N2Si/c1-20(2,3)17-6-4-16(5-7-17)14-19-12-9-15(8-11-18)10-13-19/h4-7,15H,8-14,18H2,1-3H3. The molecule has 0 aliphatic carbocycles. The van der Waals surface area contributed by atoms with Crippen LogP contribution in [-0.4, -0.2) is 32.6 Å². The minimum atomic E-state index is -1.15. The van der Waals surface area contributed by atoms with E-state index in [-0.39, 0.29) is 0 Å². The lowest BCUT2D eigenvalue weighted by Crippen LogP contribution is -2.37. The van der Waals surface area contributed by atoms with Gasteiger partial charge in [-0.3, -0.25) is 4.90 Å². The van der Waals surface area contributed by atoms with Crippen molar-refractivity contribution in [1.29, 1.82) is 0 Å². The van der Waals surface area contributed by atoms with Crippen LogP contribution in [0.25, 0.3) is 0 Å². The highest BCUT2D eigenvalue weighted by Gasteiger charge is 2.19. The second kappa shape index (κ2) is 6.88. The van der Waals surface area contributed by atoms with Crippen molar-refractivity contribution >= 4 is 13.3 Å². The van der Waals surface area contributed by atoms with E-state index in [1.165, 1.54) is 37.9 Å². The fraction of sp³-hybridized carbons (Fsp3) is 0.647. The summed E-state index contributed by atoms with van der Waals surface area (Å²) in [7, 11) is -1.15. The van der Waals surface area contributed by atoms with E-state index in [2.05, 4.69) is 48.8 Å². The van der Waals surface area contributed by atoms with Crippen LogP contribution in [0.15, 0.2) is 24.3 Å². The summed E-state index contributed by atoms with van der Waals surface area (Å²) in [5, 5.41) is 1.56. The summed E-state index contributed by atoms with van der Waals surface area (Å²) in [5.41, 5.74) is 7.12. The van der Waals surface area contributed by atoms with Crippen molar-refractivity contribution in [3.8, 4) is 0 Å². The van der Waals surface area contributed by atoms with Crippen LogP contribution in [0.4, 0.5) is 0 Å². The molecule has 0 unspecified atom stereocenters. The minimum absolute atomic E-state index is 0.850. The van der Waals surface area contributed by atoms with Crippen molar-refractivity contribution in [2.45, 2.75) is 45.4 Å². The van der Waals surface area contributed by atoms with E-state index in [4.69, 9.17) is 5.73 Å². The molecule has 0 saturated carbocycles. The molecule has 0 atom stereocenters. The number of nitrogens with two attached hydrogens (primary N) is 1. The van der Waals surface area contributed by atoms with Crippen molar-refractivity contribution in [2.24, 2.45) is 11.7 Å². The van der Waals surface area contributed by atoms with Crippen LogP contribution in [0.5, 0.6) is 0 Å². The molecule has 1 aromatic rings. The molecule has 0 radical (unpaired) electrons. The molecule has 20 heavy (non-hydrogen) atoms. The highest BCUT2D eigenvalue weighted by molar-refractivity contribution is 6.88.